The van der Waals surface area contributed by atoms with Crippen LogP contribution in [0.4, 0.5) is 11.5 Å². The van der Waals surface area contributed by atoms with Gasteiger partial charge in [-0.25, -0.2) is 9.97 Å². The number of nitrogens with zero attached hydrogens (tertiary/aromatic N) is 3. The third kappa shape index (κ3) is 3.84. The number of hydrogen-bond acceptors (Lipinski definition) is 5. The molecule has 1 fully saturated rings. The Morgan fingerprint density at radius 3 is 2.70 bits per heavy atom. The fourth-order valence-electron chi connectivity index (χ4n) is 2.54. The molecule has 6 heteroatoms. The lowest BCUT2D eigenvalue weighted by molar-refractivity contribution is 0.102. The third-order valence-corrected chi connectivity index (χ3v) is 3.67. The molecule has 1 N–H and O–H groups in total. The van der Waals surface area contributed by atoms with Gasteiger partial charge in [0.25, 0.3) is 5.91 Å². The quantitative estimate of drug-likeness (QED) is 0.941. The molecule has 1 aromatic carbocycles. The van der Waals surface area contributed by atoms with E-state index in [0.717, 1.165) is 30.2 Å². The first-order valence-electron chi connectivity index (χ1n) is 7.68. The Morgan fingerprint density at radius 2 is 1.96 bits per heavy atom. The lowest BCUT2D eigenvalue weighted by Gasteiger charge is -2.28. The smallest absolute Gasteiger partial charge is 0.274 e. The first kappa shape index (κ1) is 15.4. The van der Waals surface area contributed by atoms with Crippen LogP contribution >= 0.6 is 0 Å². The molecule has 1 aliphatic heterocycles. The highest BCUT2D eigenvalue weighted by Crippen LogP contribution is 2.16. The standard InChI is InChI=1S/C17H20N4O2/c1-12-4-3-5-14(10-12)20-17(22)15-11-16(19-13(2)18-15)21-6-8-23-9-7-21/h3-5,10-11H,6-9H2,1-2H3,(H,20,22). The molecule has 0 radical (unpaired) electrons. The lowest BCUT2D eigenvalue weighted by Crippen LogP contribution is -2.37. The van der Waals surface area contributed by atoms with E-state index in [1.807, 2.05) is 31.2 Å². The SMILES string of the molecule is Cc1cccc(NC(=O)c2cc(N3CCOCC3)nc(C)n2)c1. The summed E-state index contributed by atoms with van der Waals surface area (Å²) in [6.07, 6.45) is 0. The van der Waals surface area contributed by atoms with Gasteiger partial charge in [-0.3, -0.25) is 4.79 Å². The van der Waals surface area contributed by atoms with Crippen LogP contribution in [0.1, 0.15) is 21.9 Å². The average molecular weight is 312 g/mol. The zero-order valence-electron chi connectivity index (χ0n) is 13.4. The normalized spacial score (nSPS) is 14.6. The molecule has 23 heavy (non-hydrogen) atoms. The molecule has 1 amide bonds. The van der Waals surface area contributed by atoms with Crippen molar-refractivity contribution in [2.45, 2.75) is 13.8 Å². The maximum atomic E-state index is 12.5. The molecule has 1 aliphatic rings. The molecular weight excluding hydrogens is 292 g/mol. The topological polar surface area (TPSA) is 67.4 Å². The van der Waals surface area contributed by atoms with E-state index in [1.165, 1.54) is 0 Å². The fourth-order valence-corrected chi connectivity index (χ4v) is 2.54. The Bertz CT molecular complexity index is 711. The van der Waals surface area contributed by atoms with Crippen LogP contribution < -0.4 is 10.2 Å². The van der Waals surface area contributed by atoms with E-state index in [-0.39, 0.29) is 5.91 Å². The first-order chi connectivity index (χ1) is 11.1. The van der Waals surface area contributed by atoms with Crippen LogP contribution in [0.5, 0.6) is 0 Å². The van der Waals surface area contributed by atoms with E-state index in [2.05, 4.69) is 20.2 Å². The predicted octanol–water partition coefficient (Wildman–Crippen LogP) is 2.18. The molecule has 2 aromatic rings. The summed E-state index contributed by atoms with van der Waals surface area (Å²) in [5, 5.41) is 2.88. The van der Waals surface area contributed by atoms with Crippen LogP contribution in [0.3, 0.4) is 0 Å². The summed E-state index contributed by atoms with van der Waals surface area (Å²) in [7, 11) is 0. The Balaban J connectivity index is 1.81. The van der Waals surface area contributed by atoms with Gasteiger partial charge in [-0.2, -0.15) is 0 Å². The summed E-state index contributed by atoms with van der Waals surface area (Å²) >= 11 is 0. The van der Waals surface area contributed by atoms with Crippen molar-refractivity contribution in [2.24, 2.45) is 0 Å². The summed E-state index contributed by atoms with van der Waals surface area (Å²) in [5.41, 5.74) is 2.23. The largest absolute Gasteiger partial charge is 0.378 e. The summed E-state index contributed by atoms with van der Waals surface area (Å²) in [6, 6.07) is 9.43. The van der Waals surface area contributed by atoms with Gasteiger partial charge in [0.05, 0.1) is 13.2 Å². The van der Waals surface area contributed by atoms with Gasteiger partial charge >= 0.3 is 0 Å². The zero-order chi connectivity index (χ0) is 16.2. The molecule has 0 aliphatic carbocycles. The van der Waals surface area contributed by atoms with E-state index in [0.29, 0.717) is 24.7 Å². The maximum absolute atomic E-state index is 12.5. The number of aryl methyl sites for hydroxylation is 2. The molecule has 0 unspecified atom stereocenters. The highest BCUT2D eigenvalue weighted by molar-refractivity contribution is 6.03. The average Bonchev–Trinajstić information content (AvgIpc) is 2.55. The molecule has 0 saturated carbocycles. The molecule has 6 nitrogen and oxygen atoms in total. The Morgan fingerprint density at radius 1 is 1.17 bits per heavy atom. The monoisotopic (exact) mass is 312 g/mol. The van der Waals surface area contributed by atoms with E-state index in [4.69, 9.17) is 4.74 Å². The third-order valence-electron chi connectivity index (χ3n) is 3.67. The van der Waals surface area contributed by atoms with Gasteiger partial charge < -0.3 is 15.0 Å². The Labute approximate surface area is 135 Å². The van der Waals surface area contributed by atoms with Crippen molar-refractivity contribution >= 4 is 17.4 Å². The molecule has 0 atom stereocenters. The van der Waals surface area contributed by atoms with Crippen molar-refractivity contribution in [1.29, 1.82) is 0 Å². The molecule has 3 rings (SSSR count). The minimum atomic E-state index is -0.226. The summed E-state index contributed by atoms with van der Waals surface area (Å²) < 4.78 is 5.35. The predicted molar refractivity (Wildman–Crippen MR) is 88.9 cm³/mol. The van der Waals surface area contributed by atoms with Crippen LogP contribution in [-0.4, -0.2) is 42.2 Å². The lowest BCUT2D eigenvalue weighted by atomic mass is 10.2. The van der Waals surface area contributed by atoms with Crippen molar-refractivity contribution < 1.29 is 9.53 Å². The zero-order valence-corrected chi connectivity index (χ0v) is 13.4. The van der Waals surface area contributed by atoms with E-state index < -0.39 is 0 Å². The van der Waals surface area contributed by atoms with Crippen molar-refractivity contribution in [3.8, 4) is 0 Å². The highest BCUT2D eigenvalue weighted by atomic mass is 16.5. The second-order valence-electron chi connectivity index (χ2n) is 5.58. The number of amides is 1. The first-order valence-corrected chi connectivity index (χ1v) is 7.68. The van der Waals surface area contributed by atoms with Crippen molar-refractivity contribution in [3.63, 3.8) is 0 Å². The van der Waals surface area contributed by atoms with E-state index in [1.54, 1.807) is 13.0 Å². The second kappa shape index (κ2) is 6.75. The summed E-state index contributed by atoms with van der Waals surface area (Å²) in [6.45, 7) is 6.68. The number of morpholine rings is 1. The number of benzene rings is 1. The van der Waals surface area contributed by atoms with Crippen molar-refractivity contribution in [3.05, 3.63) is 47.4 Å². The number of anilines is 2. The van der Waals surface area contributed by atoms with Crippen LogP contribution in [0.2, 0.25) is 0 Å². The minimum Gasteiger partial charge on any atom is -0.378 e. The van der Waals surface area contributed by atoms with E-state index >= 15 is 0 Å². The highest BCUT2D eigenvalue weighted by Gasteiger charge is 2.17. The van der Waals surface area contributed by atoms with Gasteiger partial charge in [0.2, 0.25) is 0 Å². The summed E-state index contributed by atoms with van der Waals surface area (Å²) in [5.74, 6) is 1.13. The molecule has 1 saturated heterocycles. The van der Waals surface area contributed by atoms with Gasteiger partial charge in [-0.15, -0.1) is 0 Å². The number of rotatable bonds is 3. The molecule has 1 aromatic heterocycles. The van der Waals surface area contributed by atoms with Crippen molar-refractivity contribution in [1.82, 2.24) is 9.97 Å². The van der Waals surface area contributed by atoms with Crippen LogP contribution in [0.15, 0.2) is 30.3 Å². The fraction of sp³-hybridized carbons (Fsp3) is 0.353. The number of nitrogens with one attached hydrogen (secondary N) is 1. The minimum absolute atomic E-state index is 0.226. The maximum Gasteiger partial charge on any atom is 0.274 e. The molecular formula is C17H20N4O2. The van der Waals surface area contributed by atoms with Crippen LogP contribution in [0, 0.1) is 13.8 Å². The number of aromatic nitrogens is 2. The number of carbonyl (C=O) groups excluding carboxylic acids is 1. The number of hydrogen-bond donors (Lipinski definition) is 1. The molecule has 2 heterocycles. The van der Waals surface area contributed by atoms with Gasteiger partial charge in [0.15, 0.2) is 0 Å². The number of carbonyl (C=O) groups is 1. The second-order valence-corrected chi connectivity index (χ2v) is 5.58. The summed E-state index contributed by atoms with van der Waals surface area (Å²) in [4.78, 5) is 23.3. The van der Waals surface area contributed by atoms with Gasteiger partial charge in [0, 0.05) is 24.8 Å². The molecule has 120 valence electrons. The molecule has 0 bridgehead atoms. The number of ether oxygens (including phenoxy) is 1. The molecule has 0 spiro atoms. The van der Waals surface area contributed by atoms with E-state index in [9.17, 15) is 4.79 Å². The Hall–Kier alpha value is -2.47. The van der Waals surface area contributed by atoms with Gasteiger partial charge in [-0.1, -0.05) is 12.1 Å². The Kier molecular flexibility index (Phi) is 4.52. The van der Waals surface area contributed by atoms with Gasteiger partial charge in [0.1, 0.15) is 17.3 Å². The van der Waals surface area contributed by atoms with Crippen molar-refractivity contribution in [2.75, 3.05) is 36.5 Å². The van der Waals surface area contributed by atoms with Gasteiger partial charge in [-0.05, 0) is 31.5 Å². The van der Waals surface area contributed by atoms with Crippen LogP contribution in [0.25, 0.3) is 0 Å². The van der Waals surface area contributed by atoms with Crippen LogP contribution in [-0.2, 0) is 4.74 Å².